The van der Waals surface area contributed by atoms with Crippen LogP contribution in [0.5, 0.6) is 0 Å². The number of carbonyl (C=O) groups excluding carboxylic acids is 2. The number of amides is 1. The predicted molar refractivity (Wildman–Crippen MR) is 88.9 cm³/mol. The molecule has 0 saturated carbocycles. The minimum atomic E-state index is -0.359. The van der Waals surface area contributed by atoms with Crippen LogP contribution in [0, 0.1) is 0 Å². The van der Waals surface area contributed by atoms with Gasteiger partial charge in [-0.25, -0.2) is 0 Å². The number of nitrogens with zero attached hydrogens (tertiary/aromatic N) is 1. The van der Waals surface area contributed by atoms with Gasteiger partial charge in [-0.3, -0.25) is 14.6 Å². The van der Waals surface area contributed by atoms with Gasteiger partial charge in [0.1, 0.15) is 5.69 Å². The molecule has 1 N–H and O–H groups in total. The zero-order valence-electron chi connectivity index (χ0n) is 12.2. The van der Waals surface area contributed by atoms with Gasteiger partial charge in [-0.1, -0.05) is 35.3 Å². The van der Waals surface area contributed by atoms with Crippen molar-refractivity contribution in [3.8, 4) is 0 Å². The topological polar surface area (TPSA) is 59.1 Å². The van der Waals surface area contributed by atoms with E-state index in [4.69, 9.17) is 23.2 Å². The van der Waals surface area contributed by atoms with Crippen molar-refractivity contribution in [2.75, 3.05) is 0 Å². The van der Waals surface area contributed by atoms with Gasteiger partial charge >= 0.3 is 0 Å². The van der Waals surface area contributed by atoms with Crippen LogP contribution in [-0.2, 0) is 11.3 Å². The third-order valence-corrected chi connectivity index (χ3v) is 4.51. The predicted octanol–water partition coefficient (Wildman–Crippen LogP) is 3.76. The lowest BCUT2D eigenvalue weighted by Gasteiger charge is -2.23. The summed E-state index contributed by atoms with van der Waals surface area (Å²) in [6, 6.07) is 8.69. The van der Waals surface area contributed by atoms with Crippen molar-refractivity contribution in [1.29, 1.82) is 0 Å². The smallest absolute Gasteiger partial charge is 0.227 e. The molecule has 6 heteroatoms. The van der Waals surface area contributed by atoms with Crippen LogP contribution < -0.4 is 5.32 Å². The molecule has 3 rings (SSSR count). The van der Waals surface area contributed by atoms with Crippen LogP contribution >= 0.6 is 23.2 Å². The molecule has 1 amide bonds. The molecule has 0 fully saturated rings. The van der Waals surface area contributed by atoms with E-state index in [1.807, 2.05) is 0 Å². The molecule has 0 saturated heterocycles. The molecule has 4 nitrogen and oxygen atoms in total. The van der Waals surface area contributed by atoms with Gasteiger partial charge in [0.15, 0.2) is 5.78 Å². The molecule has 118 valence electrons. The third kappa shape index (κ3) is 3.38. The molecule has 0 spiro atoms. The van der Waals surface area contributed by atoms with Crippen molar-refractivity contribution >= 4 is 34.9 Å². The molecule has 1 heterocycles. The van der Waals surface area contributed by atoms with Gasteiger partial charge < -0.3 is 5.32 Å². The number of fused-ring (bicyclic) bond motifs is 1. The number of ketones is 1. The maximum atomic E-state index is 12.5. The van der Waals surface area contributed by atoms with Gasteiger partial charge in [0.2, 0.25) is 5.91 Å². The number of rotatable bonds is 3. The van der Waals surface area contributed by atoms with E-state index in [9.17, 15) is 9.59 Å². The van der Waals surface area contributed by atoms with Crippen LogP contribution in [0.2, 0.25) is 10.0 Å². The van der Waals surface area contributed by atoms with E-state index in [0.717, 1.165) is 5.56 Å². The summed E-state index contributed by atoms with van der Waals surface area (Å²) >= 11 is 12.0. The van der Waals surface area contributed by atoms with Gasteiger partial charge in [0, 0.05) is 29.2 Å². The first-order valence-electron chi connectivity index (χ1n) is 7.26. The standard InChI is InChI=1S/C17H14Cl2N2O2/c18-11-4-3-10(14(19)8-11)9-21-17(23)13-5-6-15(22)16-12(13)2-1-7-20-16/h1-4,7-8,13H,5-6,9H2,(H,21,23). The molecular formula is C17H14Cl2N2O2. The largest absolute Gasteiger partial charge is 0.351 e. The maximum absolute atomic E-state index is 12.5. The molecule has 0 bridgehead atoms. The van der Waals surface area contributed by atoms with Crippen molar-refractivity contribution in [3.05, 3.63) is 63.4 Å². The molecule has 1 unspecified atom stereocenters. The summed E-state index contributed by atoms with van der Waals surface area (Å²) in [6.45, 7) is 0.314. The van der Waals surface area contributed by atoms with Crippen LogP contribution in [0.1, 0.15) is 40.4 Å². The molecule has 1 atom stereocenters. The fourth-order valence-corrected chi connectivity index (χ4v) is 3.20. The van der Waals surface area contributed by atoms with E-state index in [2.05, 4.69) is 10.3 Å². The summed E-state index contributed by atoms with van der Waals surface area (Å²) in [4.78, 5) is 28.5. The number of pyridine rings is 1. The second-order valence-corrected chi connectivity index (χ2v) is 6.25. The summed E-state index contributed by atoms with van der Waals surface area (Å²) in [5.41, 5.74) is 1.90. The van der Waals surface area contributed by atoms with Crippen molar-refractivity contribution in [1.82, 2.24) is 10.3 Å². The Morgan fingerprint density at radius 2 is 2.13 bits per heavy atom. The van der Waals surface area contributed by atoms with E-state index in [0.29, 0.717) is 40.7 Å². The number of benzene rings is 1. The first-order valence-corrected chi connectivity index (χ1v) is 8.01. The Morgan fingerprint density at radius 3 is 2.91 bits per heavy atom. The molecule has 2 aromatic rings. The van der Waals surface area contributed by atoms with Gasteiger partial charge in [0.25, 0.3) is 0 Å². The van der Waals surface area contributed by atoms with E-state index in [1.54, 1.807) is 36.5 Å². The number of aromatic nitrogens is 1. The molecule has 1 aromatic carbocycles. The molecule has 23 heavy (non-hydrogen) atoms. The molecule has 1 aromatic heterocycles. The second kappa shape index (κ2) is 6.69. The second-order valence-electron chi connectivity index (χ2n) is 5.41. The fourth-order valence-electron chi connectivity index (χ4n) is 2.72. The third-order valence-electron chi connectivity index (χ3n) is 3.92. The summed E-state index contributed by atoms with van der Waals surface area (Å²) in [5, 5.41) is 3.94. The first-order chi connectivity index (χ1) is 11.1. The van der Waals surface area contributed by atoms with Crippen LogP contribution in [0.4, 0.5) is 0 Å². The number of nitrogens with one attached hydrogen (secondary N) is 1. The van der Waals surface area contributed by atoms with E-state index in [-0.39, 0.29) is 17.6 Å². The zero-order valence-corrected chi connectivity index (χ0v) is 13.7. The van der Waals surface area contributed by atoms with Gasteiger partial charge in [-0.15, -0.1) is 0 Å². The summed E-state index contributed by atoms with van der Waals surface area (Å²) in [6.07, 6.45) is 2.41. The van der Waals surface area contributed by atoms with Crippen molar-refractivity contribution in [2.45, 2.75) is 25.3 Å². The normalized spacial score (nSPS) is 16.8. The number of carbonyl (C=O) groups is 2. The Hall–Kier alpha value is -1.91. The van der Waals surface area contributed by atoms with Crippen molar-refractivity contribution in [2.24, 2.45) is 0 Å². The average Bonchev–Trinajstić information content (AvgIpc) is 2.54. The lowest BCUT2D eigenvalue weighted by molar-refractivity contribution is -0.122. The summed E-state index contributed by atoms with van der Waals surface area (Å²) < 4.78 is 0. The lowest BCUT2D eigenvalue weighted by atomic mass is 9.84. The minimum Gasteiger partial charge on any atom is -0.351 e. The van der Waals surface area contributed by atoms with E-state index in [1.165, 1.54) is 0 Å². The minimum absolute atomic E-state index is 0.00889. The molecule has 0 aliphatic heterocycles. The number of hydrogen-bond donors (Lipinski definition) is 1. The van der Waals surface area contributed by atoms with E-state index >= 15 is 0 Å². The van der Waals surface area contributed by atoms with Crippen molar-refractivity contribution in [3.63, 3.8) is 0 Å². The summed E-state index contributed by atoms with van der Waals surface area (Å²) in [7, 11) is 0. The molecule has 0 radical (unpaired) electrons. The van der Waals surface area contributed by atoms with Gasteiger partial charge in [0.05, 0.1) is 5.92 Å². The highest BCUT2D eigenvalue weighted by Crippen LogP contribution is 2.30. The number of Topliss-reactive ketones (excluding diaryl/α,β-unsaturated/α-hetero) is 1. The Balaban J connectivity index is 1.74. The maximum Gasteiger partial charge on any atom is 0.227 e. The van der Waals surface area contributed by atoms with Crippen LogP contribution in [0.3, 0.4) is 0 Å². The van der Waals surface area contributed by atoms with Crippen LogP contribution in [-0.4, -0.2) is 16.7 Å². The van der Waals surface area contributed by atoms with Crippen LogP contribution in [0.15, 0.2) is 36.5 Å². The quantitative estimate of drug-likeness (QED) is 0.918. The first kappa shape index (κ1) is 16.0. The van der Waals surface area contributed by atoms with Gasteiger partial charge in [-0.2, -0.15) is 0 Å². The van der Waals surface area contributed by atoms with Gasteiger partial charge in [-0.05, 0) is 35.7 Å². The summed E-state index contributed by atoms with van der Waals surface area (Å²) in [5.74, 6) is -0.495. The number of halogens is 2. The Morgan fingerprint density at radius 1 is 1.30 bits per heavy atom. The highest BCUT2D eigenvalue weighted by molar-refractivity contribution is 6.35. The lowest BCUT2D eigenvalue weighted by Crippen LogP contribution is -2.32. The Labute approximate surface area is 143 Å². The van der Waals surface area contributed by atoms with Crippen LogP contribution in [0.25, 0.3) is 0 Å². The monoisotopic (exact) mass is 348 g/mol. The van der Waals surface area contributed by atoms with E-state index < -0.39 is 0 Å². The fraction of sp³-hybridized carbons (Fsp3) is 0.235. The highest BCUT2D eigenvalue weighted by Gasteiger charge is 2.31. The van der Waals surface area contributed by atoms with Crippen molar-refractivity contribution < 1.29 is 9.59 Å². The highest BCUT2D eigenvalue weighted by atomic mass is 35.5. The molecule has 1 aliphatic carbocycles. The number of hydrogen-bond acceptors (Lipinski definition) is 3. The average molecular weight is 349 g/mol. The zero-order chi connectivity index (χ0) is 16.4. The molecular weight excluding hydrogens is 335 g/mol. The Bertz CT molecular complexity index is 777. The Kier molecular flexibility index (Phi) is 4.64. The SMILES string of the molecule is O=C1CCC(C(=O)NCc2ccc(Cl)cc2Cl)c2cccnc21. The molecule has 1 aliphatic rings.